The SMILES string of the molecule is CC1(C)CN(Cc2ccc(C(N)=O)nc2)CCC1(O)c1ccc2ncc(C3CCC(=O)NC3=O)cc2c1F. The largest absolute Gasteiger partial charge is 0.384 e. The highest BCUT2D eigenvalue weighted by atomic mass is 19.1. The summed E-state index contributed by atoms with van der Waals surface area (Å²) in [7, 11) is 0. The van der Waals surface area contributed by atoms with Crippen molar-refractivity contribution < 1.29 is 23.9 Å². The first-order chi connectivity index (χ1) is 18.0. The lowest BCUT2D eigenvalue weighted by molar-refractivity contribution is -0.134. The van der Waals surface area contributed by atoms with Crippen LogP contribution in [0.25, 0.3) is 10.9 Å². The molecular formula is C28H30FN5O4. The Balaban J connectivity index is 1.41. The van der Waals surface area contributed by atoms with Gasteiger partial charge in [-0.1, -0.05) is 26.0 Å². The van der Waals surface area contributed by atoms with Crippen LogP contribution in [-0.2, 0) is 21.7 Å². The van der Waals surface area contributed by atoms with E-state index in [0.717, 1.165) is 5.56 Å². The van der Waals surface area contributed by atoms with E-state index in [9.17, 15) is 19.5 Å². The number of piperidine rings is 2. The molecular weight excluding hydrogens is 489 g/mol. The summed E-state index contributed by atoms with van der Waals surface area (Å²) >= 11 is 0. The van der Waals surface area contributed by atoms with E-state index in [2.05, 4.69) is 20.2 Å². The predicted molar refractivity (Wildman–Crippen MR) is 137 cm³/mol. The summed E-state index contributed by atoms with van der Waals surface area (Å²) in [5.41, 5.74) is 5.37. The Kier molecular flexibility index (Phi) is 6.48. The third-order valence-corrected chi connectivity index (χ3v) is 7.92. The van der Waals surface area contributed by atoms with E-state index in [4.69, 9.17) is 5.73 Å². The monoisotopic (exact) mass is 519 g/mol. The maximum atomic E-state index is 16.1. The molecule has 0 radical (unpaired) electrons. The number of benzene rings is 1. The Labute approximate surface area is 219 Å². The third-order valence-electron chi connectivity index (χ3n) is 7.92. The first kappa shape index (κ1) is 25.9. The summed E-state index contributed by atoms with van der Waals surface area (Å²) in [6.07, 6.45) is 4.02. The number of primary amides is 1. The number of likely N-dealkylation sites (tertiary alicyclic amines) is 1. The second kappa shape index (κ2) is 9.52. The third kappa shape index (κ3) is 4.54. The number of nitrogens with two attached hydrogens (primary N) is 1. The number of aliphatic hydroxyl groups is 1. The molecule has 10 heteroatoms. The summed E-state index contributed by atoms with van der Waals surface area (Å²) in [5, 5.41) is 14.5. The van der Waals surface area contributed by atoms with Gasteiger partial charge in [0.05, 0.1) is 17.0 Å². The lowest BCUT2D eigenvalue weighted by Crippen LogP contribution is -2.55. The van der Waals surface area contributed by atoms with Crippen molar-refractivity contribution in [1.29, 1.82) is 0 Å². The van der Waals surface area contributed by atoms with Gasteiger partial charge in [-0.05, 0) is 42.2 Å². The Morgan fingerprint density at radius 2 is 2.00 bits per heavy atom. The van der Waals surface area contributed by atoms with Crippen LogP contribution in [-0.4, -0.2) is 50.8 Å². The summed E-state index contributed by atoms with van der Waals surface area (Å²) in [5.74, 6) is -2.45. The van der Waals surface area contributed by atoms with E-state index in [1.165, 1.54) is 0 Å². The molecule has 2 saturated heterocycles. The van der Waals surface area contributed by atoms with E-state index in [1.54, 1.807) is 42.7 Å². The Morgan fingerprint density at radius 3 is 2.66 bits per heavy atom. The normalized spacial score (nSPS) is 23.8. The highest BCUT2D eigenvalue weighted by molar-refractivity contribution is 6.01. The lowest BCUT2D eigenvalue weighted by atomic mass is 9.66. The Hall–Kier alpha value is -3.76. The zero-order valence-electron chi connectivity index (χ0n) is 21.3. The van der Waals surface area contributed by atoms with E-state index < -0.39 is 34.6 Å². The zero-order chi connectivity index (χ0) is 27.2. The number of pyridine rings is 2. The zero-order valence-corrected chi connectivity index (χ0v) is 21.3. The molecule has 9 nitrogen and oxygen atoms in total. The van der Waals surface area contributed by atoms with Crippen LogP contribution >= 0.6 is 0 Å². The van der Waals surface area contributed by atoms with Gasteiger partial charge in [-0.2, -0.15) is 0 Å². The predicted octanol–water partition coefficient (Wildman–Crippen LogP) is 2.51. The van der Waals surface area contributed by atoms with Crippen molar-refractivity contribution in [1.82, 2.24) is 20.2 Å². The number of carbonyl (C=O) groups excluding carboxylic acids is 3. The van der Waals surface area contributed by atoms with Crippen molar-refractivity contribution in [2.75, 3.05) is 13.1 Å². The van der Waals surface area contributed by atoms with E-state index in [1.807, 2.05) is 13.8 Å². The fourth-order valence-electron chi connectivity index (χ4n) is 5.69. The van der Waals surface area contributed by atoms with Gasteiger partial charge in [0.2, 0.25) is 11.8 Å². The van der Waals surface area contributed by atoms with Gasteiger partial charge in [0.25, 0.3) is 5.91 Å². The maximum absolute atomic E-state index is 16.1. The molecule has 2 fully saturated rings. The fourth-order valence-corrected chi connectivity index (χ4v) is 5.69. The van der Waals surface area contributed by atoms with E-state index in [0.29, 0.717) is 43.6 Å². The minimum atomic E-state index is -1.44. The molecule has 0 aliphatic carbocycles. The topological polar surface area (TPSA) is 139 Å². The molecule has 4 N–H and O–H groups in total. The molecule has 2 aromatic heterocycles. The lowest BCUT2D eigenvalue weighted by Gasteiger charge is -2.50. The summed E-state index contributed by atoms with van der Waals surface area (Å²) in [6, 6.07) is 8.28. The second-order valence-corrected chi connectivity index (χ2v) is 10.9. The molecule has 4 heterocycles. The number of nitrogens with one attached hydrogen (secondary N) is 1. The van der Waals surface area contributed by atoms with Gasteiger partial charge >= 0.3 is 0 Å². The van der Waals surface area contributed by atoms with Gasteiger partial charge in [0, 0.05) is 54.8 Å². The Morgan fingerprint density at radius 1 is 1.21 bits per heavy atom. The molecule has 0 saturated carbocycles. The molecule has 2 aliphatic heterocycles. The number of hydrogen-bond acceptors (Lipinski definition) is 7. The van der Waals surface area contributed by atoms with Crippen LogP contribution in [0.1, 0.15) is 66.2 Å². The highest BCUT2D eigenvalue weighted by Gasteiger charge is 2.50. The molecule has 38 heavy (non-hydrogen) atoms. The Bertz CT molecular complexity index is 1440. The molecule has 3 aromatic rings. The number of imide groups is 1. The van der Waals surface area contributed by atoms with Gasteiger partial charge < -0.3 is 10.8 Å². The summed E-state index contributed by atoms with van der Waals surface area (Å²) in [4.78, 5) is 45.8. The minimum absolute atomic E-state index is 0.198. The molecule has 0 bridgehead atoms. The molecule has 2 unspecified atom stereocenters. The number of nitrogens with zero attached hydrogens (tertiary/aromatic N) is 3. The smallest absolute Gasteiger partial charge is 0.267 e. The summed E-state index contributed by atoms with van der Waals surface area (Å²) < 4.78 is 16.1. The molecule has 3 amide bonds. The number of rotatable bonds is 5. The number of fused-ring (bicyclic) bond motifs is 1. The van der Waals surface area contributed by atoms with E-state index in [-0.39, 0.29) is 29.0 Å². The molecule has 2 aliphatic rings. The van der Waals surface area contributed by atoms with Crippen LogP contribution in [0.4, 0.5) is 4.39 Å². The minimum Gasteiger partial charge on any atom is -0.384 e. The standard InChI is InChI=1S/C28H30FN5O4/c1-27(2)15-34(14-16-3-6-22(25(30)36)31-12-16)10-9-28(27,38)20-5-7-21-19(24(20)29)11-17(13-32-21)18-4-8-23(35)33-26(18)37/h3,5-7,11-13,18,38H,4,8-10,14-15H2,1-2H3,(H2,30,36)(H,33,35,37). The number of hydrogen-bond donors (Lipinski definition) is 3. The van der Waals surface area contributed by atoms with Crippen LogP contribution in [0.15, 0.2) is 42.7 Å². The molecule has 5 rings (SSSR count). The number of carbonyl (C=O) groups is 3. The van der Waals surface area contributed by atoms with Crippen LogP contribution in [0, 0.1) is 11.2 Å². The number of aromatic nitrogens is 2. The fraction of sp³-hybridized carbons (Fsp3) is 0.393. The first-order valence-corrected chi connectivity index (χ1v) is 12.6. The van der Waals surface area contributed by atoms with Crippen LogP contribution in [0.3, 0.4) is 0 Å². The molecule has 1 aromatic carbocycles. The van der Waals surface area contributed by atoms with Gasteiger partial charge in [-0.15, -0.1) is 0 Å². The van der Waals surface area contributed by atoms with Crippen molar-refractivity contribution >= 4 is 28.6 Å². The van der Waals surface area contributed by atoms with Crippen LogP contribution in [0.2, 0.25) is 0 Å². The van der Waals surface area contributed by atoms with Crippen molar-refractivity contribution in [2.45, 2.75) is 51.2 Å². The van der Waals surface area contributed by atoms with Gasteiger partial charge in [-0.3, -0.25) is 34.6 Å². The van der Waals surface area contributed by atoms with Crippen LogP contribution in [0.5, 0.6) is 0 Å². The number of amides is 3. The van der Waals surface area contributed by atoms with Crippen molar-refractivity contribution in [2.24, 2.45) is 11.1 Å². The van der Waals surface area contributed by atoms with Gasteiger partial charge in [0.1, 0.15) is 11.5 Å². The second-order valence-electron chi connectivity index (χ2n) is 10.9. The van der Waals surface area contributed by atoms with Crippen molar-refractivity contribution in [3.8, 4) is 0 Å². The van der Waals surface area contributed by atoms with Gasteiger partial charge in [0.15, 0.2) is 0 Å². The number of halogens is 1. The molecule has 198 valence electrons. The first-order valence-electron chi connectivity index (χ1n) is 12.6. The van der Waals surface area contributed by atoms with Crippen molar-refractivity contribution in [3.63, 3.8) is 0 Å². The quantitative estimate of drug-likeness (QED) is 0.440. The molecule has 0 spiro atoms. The van der Waals surface area contributed by atoms with Gasteiger partial charge in [-0.25, -0.2) is 4.39 Å². The average molecular weight is 520 g/mol. The summed E-state index contributed by atoms with van der Waals surface area (Å²) in [6.45, 7) is 5.40. The van der Waals surface area contributed by atoms with E-state index >= 15 is 4.39 Å². The highest BCUT2D eigenvalue weighted by Crippen LogP contribution is 2.48. The van der Waals surface area contributed by atoms with Crippen LogP contribution < -0.4 is 11.1 Å². The van der Waals surface area contributed by atoms with Crippen molar-refractivity contribution in [3.05, 3.63) is 70.9 Å². The molecule has 2 atom stereocenters. The maximum Gasteiger partial charge on any atom is 0.267 e. The average Bonchev–Trinajstić information content (AvgIpc) is 2.87.